The molecule has 29 heavy (non-hydrogen) atoms. The fourth-order valence-electron chi connectivity index (χ4n) is 4.07. The first-order valence-corrected chi connectivity index (χ1v) is 11.0. The zero-order valence-electron chi connectivity index (χ0n) is 17.5. The molecular weight excluding hydrogens is 386 g/mol. The summed E-state index contributed by atoms with van der Waals surface area (Å²) in [6.45, 7) is 10.3. The molecule has 2 aromatic rings. The van der Waals surface area contributed by atoms with Gasteiger partial charge in [0.05, 0.1) is 6.04 Å². The lowest BCUT2D eigenvalue weighted by Crippen LogP contribution is -2.40. The Hall–Kier alpha value is -2.25. The van der Waals surface area contributed by atoms with Crippen LogP contribution in [0.4, 0.5) is 0 Å². The molecule has 1 unspecified atom stereocenters. The van der Waals surface area contributed by atoms with Crippen LogP contribution in [0.3, 0.4) is 0 Å². The van der Waals surface area contributed by atoms with Crippen molar-refractivity contribution in [1.29, 1.82) is 0 Å². The number of aromatic amines is 1. The molecule has 2 N–H and O–H groups in total. The third kappa shape index (κ3) is 4.67. The van der Waals surface area contributed by atoms with Crippen LogP contribution in [0.2, 0.25) is 0 Å². The number of ketones is 1. The van der Waals surface area contributed by atoms with Gasteiger partial charge < -0.3 is 10.3 Å². The van der Waals surface area contributed by atoms with Crippen LogP contribution in [0.25, 0.3) is 0 Å². The number of thiophene rings is 1. The Kier molecular flexibility index (Phi) is 6.39. The van der Waals surface area contributed by atoms with Crippen molar-refractivity contribution in [3.05, 3.63) is 55.6 Å². The van der Waals surface area contributed by atoms with Gasteiger partial charge in [0.25, 0.3) is 11.5 Å². The largest absolute Gasteiger partial charge is 0.350 e. The first kappa shape index (κ1) is 21.5. The number of fused-ring (bicyclic) bond motifs is 1. The van der Waals surface area contributed by atoms with E-state index in [2.05, 4.69) is 40.5 Å². The number of amides is 1. The molecule has 6 nitrogen and oxygen atoms in total. The van der Waals surface area contributed by atoms with Crippen LogP contribution in [0, 0.1) is 5.41 Å². The zero-order chi connectivity index (χ0) is 21.2. The average molecular weight is 416 g/mol. The SMILES string of the molecule is CCN(CC)C(CNC(=O)c1cc2c([nH]c1=O)CC(C)(C)CC2=O)c1ccsc1. The molecule has 3 rings (SSSR count). The number of pyridine rings is 1. The van der Waals surface area contributed by atoms with E-state index in [0.29, 0.717) is 30.6 Å². The van der Waals surface area contributed by atoms with Gasteiger partial charge in [-0.1, -0.05) is 27.7 Å². The molecule has 0 saturated carbocycles. The van der Waals surface area contributed by atoms with Gasteiger partial charge in [-0.3, -0.25) is 19.3 Å². The highest BCUT2D eigenvalue weighted by atomic mass is 32.1. The zero-order valence-corrected chi connectivity index (χ0v) is 18.3. The number of nitrogens with zero attached hydrogens (tertiary/aromatic N) is 1. The number of H-pyrrole nitrogens is 1. The minimum atomic E-state index is -0.445. The highest BCUT2D eigenvalue weighted by molar-refractivity contribution is 7.08. The number of nitrogens with one attached hydrogen (secondary N) is 2. The molecule has 1 amide bonds. The normalized spacial score (nSPS) is 16.5. The maximum Gasteiger partial charge on any atom is 0.261 e. The minimum absolute atomic E-state index is 0.000390. The summed E-state index contributed by atoms with van der Waals surface area (Å²) < 4.78 is 0. The van der Waals surface area contributed by atoms with Gasteiger partial charge in [0, 0.05) is 24.2 Å². The highest BCUT2D eigenvalue weighted by Gasteiger charge is 2.32. The van der Waals surface area contributed by atoms with E-state index in [1.807, 2.05) is 19.2 Å². The summed E-state index contributed by atoms with van der Waals surface area (Å²) >= 11 is 1.62. The average Bonchev–Trinajstić information content (AvgIpc) is 3.17. The number of Topliss-reactive ketones (excluding diaryl/α,β-unsaturated/α-hetero) is 1. The van der Waals surface area contributed by atoms with Gasteiger partial charge in [-0.2, -0.15) is 11.3 Å². The van der Waals surface area contributed by atoms with Crippen LogP contribution in [0.1, 0.15) is 72.1 Å². The second-order valence-electron chi connectivity index (χ2n) is 8.35. The minimum Gasteiger partial charge on any atom is -0.350 e. The topological polar surface area (TPSA) is 82.3 Å². The maximum absolute atomic E-state index is 12.8. The molecule has 0 aliphatic heterocycles. The van der Waals surface area contributed by atoms with Gasteiger partial charge in [0.15, 0.2) is 5.78 Å². The smallest absolute Gasteiger partial charge is 0.261 e. The second kappa shape index (κ2) is 8.63. The quantitative estimate of drug-likeness (QED) is 0.726. The molecule has 156 valence electrons. The summed E-state index contributed by atoms with van der Waals surface area (Å²) in [5.41, 5.74) is 1.62. The highest BCUT2D eigenvalue weighted by Crippen LogP contribution is 2.33. The van der Waals surface area contributed by atoms with Gasteiger partial charge >= 0.3 is 0 Å². The van der Waals surface area contributed by atoms with Gasteiger partial charge in [0.2, 0.25) is 0 Å². The Bertz CT molecular complexity index is 943. The molecule has 1 aliphatic rings. The fourth-order valence-corrected chi connectivity index (χ4v) is 4.77. The van der Waals surface area contributed by atoms with E-state index >= 15 is 0 Å². The summed E-state index contributed by atoms with van der Waals surface area (Å²) in [4.78, 5) is 42.9. The van der Waals surface area contributed by atoms with Crippen molar-refractivity contribution in [3.63, 3.8) is 0 Å². The van der Waals surface area contributed by atoms with E-state index in [1.165, 1.54) is 6.07 Å². The van der Waals surface area contributed by atoms with E-state index in [4.69, 9.17) is 0 Å². The van der Waals surface area contributed by atoms with Crippen molar-refractivity contribution in [2.45, 2.75) is 46.6 Å². The molecule has 0 spiro atoms. The molecule has 7 heteroatoms. The molecule has 2 heterocycles. The van der Waals surface area contributed by atoms with E-state index in [0.717, 1.165) is 18.7 Å². The Morgan fingerprint density at radius 3 is 2.62 bits per heavy atom. The molecular formula is C22H29N3O3S. The van der Waals surface area contributed by atoms with Crippen molar-refractivity contribution in [1.82, 2.24) is 15.2 Å². The van der Waals surface area contributed by atoms with Crippen molar-refractivity contribution in [3.8, 4) is 0 Å². The van der Waals surface area contributed by atoms with Crippen molar-refractivity contribution < 1.29 is 9.59 Å². The number of rotatable bonds is 7. The lowest BCUT2D eigenvalue weighted by Gasteiger charge is -2.30. The van der Waals surface area contributed by atoms with Gasteiger partial charge in [-0.25, -0.2) is 0 Å². The van der Waals surface area contributed by atoms with Crippen LogP contribution in [-0.4, -0.2) is 41.2 Å². The number of aromatic nitrogens is 1. The number of likely N-dealkylation sites (N-methyl/N-ethyl adjacent to an activating group) is 1. The van der Waals surface area contributed by atoms with Crippen LogP contribution in [0.15, 0.2) is 27.7 Å². The van der Waals surface area contributed by atoms with E-state index < -0.39 is 11.5 Å². The van der Waals surface area contributed by atoms with E-state index in [-0.39, 0.29) is 22.8 Å². The Morgan fingerprint density at radius 2 is 2.00 bits per heavy atom. The lowest BCUT2D eigenvalue weighted by atomic mass is 9.75. The first-order valence-electron chi connectivity index (χ1n) is 10.1. The fraction of sp³-hybridized carbons (Fsp3) is 0.500. The molecule has 1 aliphatic carbocycles. The standard InChI is InChI=1S/C22H29N3O3S/c1-5-25(6-2)18(14-7-8-29-13-14)12-23-20(27)16-9-15-17(24-21(16)28)10-22(3,4)11-19(15)26/h7-9,13,18H,5-6,10-12H2,1-4H3,(H,23,27)(H,24,28). The number of carbonyl (C=O) groups excluding carboxylic acids is 2. The second-order valence-corrected chi connectivity index (χ2v) is 9.13. The van der Waals surface area contributed by atoms with Crippen molar-refractivity contribution in [2.75, 3.05) is 19.6 Å². The summed E-state index contributed by atoms with van der Waals surface area (Å²) in [6, 6.07) is 3.57. The third-order valence-electron chi connectivity index (χ3n) is 5.60. The summed E-state index contributed by atoms with van der Waals surface area (Å²) in [5.74, 6) is -0.472. The Balaban J connectivity index is 1.81. The molecule has 0 bridgehead atoms. The van der Waals surface area contributed by atoms with Crippen LogP contribution in [0.5, 0.6) is 0 Å². The summed E-state index contributed by atoms with van der Waals surface area (Å²) in [7, 11) is 0. The van der Waals surface area contributed by atoms with Gasteiger partial charge in [-0.05, 0) is 53.4 Å². The number of hydrogen-bond donors (Lipinski definition) is 2. The molecule has 0 radical (unpaired) electrons. The molecule has 2 aromatic heterocycles. The van der Waals surface area contributed by atoms with Gasteiger partial charge in [0.1, 0.15) is 5.56 Å². The molecule has 0 saturated heterocycles. The Labute approximate surface area is 175 Å². The Morgan fingerprint density at radius 1 is 1.28 bits per heavy atom. The lowest BCUT2D eigenvalue weighted by molar-refractivity contribution is 0.0910. The summed E-state index contributed by atoms with van der Waals surface area (Å²) in [5, 5.41) is 7.02. The monoisotopic (exact) mass is 415 g/mol. The summed E-state index contributed by atoms with van der Waals surface area (Å²) in [6.07, 6.45) is 1.03. The number of carbonyl (C=O) groups is 2. The molecule has 0 fully saturated rings. The van der Waals surface area contributed by atoms with E-state index in [1.54, 1.807) is 11.3 Å². The van der Waals surface area contributed by atoms with Crippen LogP contribution < -0.4 is 10.9 Å². The maximum atomic E-state index is 12.8. The van der Waals surface area contributed by atoms with Crippen LogP contribution in [-0.2, 0) is 6.42 Å². The number of hydrogen-bond acceptors (Lipinski definition) is 5. The molecule has 1 atom stereocenters. The third-order valence-corrected chi connectivity index (χ3v) is 6.30. The van der Waals surface area contributed by atoms with Gasteiger partial charge in [-0.15, -0.1) is 0 Å². The predicted octanol–water partition coefficient (Wildman–Crippen LogP) is 3.40. The first-order chi connectivity index (χ1) is 13.8. The van der Waals surface area contributed by atoms with Crippen molar-refractivity contribution >= 4 is 23.0 Å². The van der Waals surface area contributed by atoms with E-state index in [9.17, 15) is 14.4 Å². The predicted molar refractivity (Wildman–Crippen MR) is 116 cm³/mol. The molecule has 0 aromatic carbocycles. The van der Waals surface area contributed by atoms with Crippen molar-refractivity contribution in [2.24, 2.45) is 5.41 Å². The van der Waals surface area contributed by atoms with Crippen LogP contribution >= 0.6 is 11.3 Å².